The molecule has 1 atom stereocenters. The summed E-state index contributed by atoms with van der Waals surface area (Å²) >= 11 is 0. The Balaban J connectivity index is 1.41. The van der Waals surface area contributed by atoms with Gasteiger partial charge in [0.25, 0.3) is 5.91 Å². The largest absolute Gasteiger partial charge is 0.385 e. The lowest BCUT2D eigenvalue weighted by Crippen LogP contribution is -2.32. The zero-order chi connectivity index (χ0) is 20.5. The maximum atomic E-state index is 12.4. The van der Waals surface area contributed by atoms with Gasteiger partial charge in [-0.3, -0.25) is 4.79 Å². The summed E-state index contributed by atoms with van der Waals surface area (Å²) in [6.07, 6.45) is 2.53. The molecule has 1 heterocycles. The highest BCUT2D eigenvalue weighted by molar-refractivity contribution is 7.89. The van der Waals surface area contributed by atoms with Gasteiger partial charge in [0.2, 0.25) is 10.0 Å². The lowest BCUT2D eigenvalue weighted by molar-refractivity contribution is 0.0953. The van der Waals surface area contributed by atoms with Crippen LogP contribution < -0.4 is 15.4 Å². The molecule has 2 aromatic carbocycles. The van der Waals surface area contributed by atoms with Crippen LogP contribution in [0.3, 0.4) is 0 Å². The van der Waals surface area contributed by atoms with E-state index in [0.717, 1.165) is 31.5 Å². The van der Waals surface area contributed by atoms with E-state index in [1.807, 2.05) is 30.3 Å². The van der Waals surface area contributed by atoms with E-state index >= 15 is 0 Å². The topological polar surface area (TPSA) is 96.5 Å². The number of rotatable bonds is 10. The molecule has 156 valence electrons. The molecule has 1 saturated heterocycles. The van der Waals surface area contributed by atoms with Crippen LogP contribution in [-0.2, 0) is 14.8 Å². The summed E-state index contributed by atoms with van der Waals surface area (Å²) in [5, 5.41) is 6.13. The van der Waals surface area contributed by atoms with Crippen molar-refractivity contribution < 1.29 is 17.9 Å². The molecule has 1 aliphatic rings. The van der Waals surface area contributed by atoms with Gasteiger partial charge in [0.1, 0.15) is 0 Å². The summed E-state index contributed by atoms with van der Waals surface area (Å²) in [4.78, 5) is 12.4. The fraction of sp³-hybridized carbons (Fsp3) is 0.381. The van der Waals surface area contributed by atoms with Gasteiger partial charge in [-0.1, -0.05) is 18.2 Å². The van der Waals surface area contributed by atoms with Crippen molar-refractivity contribution in [2.24, 2.45) is 0 Å². The number of anilines is 1. The summed E-state index contributed by atoms with van der Waals surface area (Å²) in [7, 11) is -3.61. The van der Waals surface area contributed by atoms with Crippen molar-refractivity contribution in [1.82, 2.24) is 10.0 Å². The third-order valence-corrected chi connectivity index (χ3v) is 6.13. The number of amides is 1. The Morgan fingerprint density at radius 3 is 2.48 bits per heavy atom. The normalized spacial score (nSPS) is 16.5. The van der Waals surface area contributed by atoms with Gasteiger partial charge in [0, 0.05) is 37.5 Å². The van der Waals surface area contributed by atoms with Crippen LogP contribution in [0.2, 0.25) is 0 Å². The number of carbonyl (C=O) groups is 1. The molecule has 0 saturated carbocycles. The van der Waals surface area contributed by atoms with Crippen LogP contribution in [-0.4, -0.2) is 46.7 Å². The second-order valence-electron chi connectivity index (χ2n) is 6.91. The minimum Gasteiger partial charge on any atom is -0.385 e. The molecule has 3 N–H and O–H groups in total. The van der Waals surface area contributed by atoms with E-state index in [1.165, 1.54) is 24.3 Å². The van der Waals surface area contributed by atoms with E-state index in [4.69, 9.17) is 4.74 Å². The Morgan fingerprint density at radius 2 is 1.79 bits per heavy atom. The lowest BCUT2D eigenvalue weighted by atomic mass is 10.2. The molecule has 0 radical (unpaired) electrons. The van der Waals surface area contributed by atoms with Crippen molar-refractivity contribution in [3.8, 4) is 0 Å². The predicted octanol–water partition coefficient (Wildman–Crippen LogP) is 2.38. The van der Waals surface area contributed by atoms with E-state index in [0.29, 0.717) is 18.7 Å². The molecule has 0 spiro atoms. The highest BCUT2D eigenvalue weighted by Crippen LogP contribution is 2.14. The summed E-state index contributed by atoms with van der Waals surface area (Å²) < 4.78 is 32.7. The summed E-state index contributed by atoms with van der Waals surface area (Å²) in [5.74, 6) is -0.221. The number of sulfonamides is 1. The van der Waals surface area contributed by atoms with Gasteiger partial charge in [-0.25, -0.2) is 13.1 Å². The number of para-hydroxylation sites is 1. The van der Waals surface area contributed by atoms with Gasteiger partial charge in [-0.2, -0.15) is 0 Å². The Labute approximate surface area is 171 Å². The SMILES string of the molecule is O=C(NCCCNc1ccccc1)c1ccc(S(=O)(=O)NCC2CCCO2)cc1. The van der Waals surface area contributed by atoms with Crippen LogP contribution in [0, 0.1) is 0 Å². The smallest absolute Gasteiger partial charge is 0.251 e. The lowest BCUT2D eigenvalue weighted by Gasteiger charge is -2.12. The Kier molecular flexibility index (Phi) is 7.62. The number of hydrogen-bond acceptors (Lipinski definition) is 5. The van der Waals surface area contributed by atoms with Crippen molar-refractivity contribution in [1.29, 1.82) is 0 Å². The molecule has 2 aromatic rings. The number of hydrogen-bond donors (Lipinski definition) is 3. The highest BCUT2D eigenvalue weighted by Gasteiger charge is 2.20. The number of ether oxygens (including phenoxy) is 1. The molecule has 3 rings (SSSR count). The average molecular weight is 418 g/mol. The first kappa shape index (κ1) is 21.3. The standard InChI is InChI=1S/C21H27N3O4S/c25-21(23-14-5-13-22-18-6-2-1-3-7-18)17-9-11-20(12-10-17)29(26,27)24-16-19-8-4-15-28-19/h1-3,6-7,9-12,19,22,24H,4-5,8,13-16H2,(H,23,25). The van der Waals surface area contributed by atoms with Crippen LogP contribution in [0.15, 0.2) is 59.5 Å². The average Bonchev–Trinajstić information content (AvgIpc) is 3.27. The van der Waals surface area contributed by atoms with Crippen molar-refractivity contribution in [3.63, 3.8) is 0 Å². The Bertz CT molecular complexity index is 880. The van der Waals surface area contributed by atoms with Crippen LogP contribution in [0.1, 0.15) is 29.6 Å². The quantitative estimate of drug-likeness (QED) is 0.516. The molecule has 0 aromatic heterocycles. The van der Waals surface area contributed by atoms with E-state index in [2.05, 4.69) is 15.4 Å². The third-order valence-electron chi connectivity index (χ3n) is 4.69. The van der Waals surface area contributed by atoms with Crippen molar-refractivity contribution >= 4 is 21.6 Å². The molecule has 7 nitrogen and oxygen atoms in total. The van der Waals surface area contributed by atoms with Crippen LogP contribution in [0.4, 0.5) is 5.69 Å². The summed E-state index contributed by atoms with van der Waals surface area (Å²) in [6.45, 7) is 2.22. The molecule has 8 heteroatoms. The fourth-order valence-electron chi connectivity index (χ4n) is 3.06. The van der Waals surface area contributed by atoms with E-state index in [1.54, 1.807) is 0 Å². The molecule has 1 fully saturated rings. The fourth-order valence-corrected chi connectivity index (χ4v) is 4.12. The predicted molar refractivity (Wildman–Crippen MR) is 112 cm³/mol. The molecule has 0 aliphatic carbocycles. The van der Waals surface area contributed by atoms with E-state index in [9.17, 15) is 13.2 Å². The first-order valence-electron chi connectivity index (χ1n) is 9.83. The molecule has 29 heavy (non-hydrogen) atoms. The first-order valence-corrected chi connectivity index (χ1v) is 11.3. The van der Waals surface area contributed by atoms with Crippen LogP contribution >= 0.6 is 0 Å². The minimum atomic E-state index is -3.61. The van der Waals surface area contributed by atoms with Crippen molar-refractivity contribution in [3.05, 3.63) is 60.2 Å². The molecule has 1 unspecified atom stereocenters. The van der Waals surface area contributed by atoms with Gasteiger partial charge in [0.15, 0.2) is 0 Å². The van der Waals surface area contributed by atoms with Gasteiger partial charge in [0.05, 0.1) is 11.0 Å². The zero-order valence-electron chi connectivity index (χ0n) is 16.3. The van der Waals surface area contributed by atoms with Gasteiger partial charge >= 0.3 is 0 Å². The number of carbonyl (C=O) groups excluding carboxylic acids is 1. The monoisotopic (exact) mass is 417 g/mol. The van der Waals surface area contributed by atoms with Gasteiger partial charge in [-0.05, 0) is 55.7 Å². The van der Waals surface area contributed by atoms with E-state index in [-0.39, 0.29) is 23.5 Å². The number of benzene rings is 2. The Morgan fingerprint density at radius 1 is 1.03 bits per heavy atom. The Hall–Kier alpha value is -2.42. The minimum absolute atomic E-state index is 0.0637. The van der Waals surface area contributed by atoms with Gasteiger partial charge in [-0.15, -0.1) is 0 Å². The molecular weight excluding hydrogens is 390 g/mol. The molecule has 1 aliphatic heterocycles. The summed E-state index contributed by atoms with van der Waals surface area (Å²) in [6, 6.07) is 15.8. The molecule has 0 bridgehead atoms. The van der Waals surface area contributed by atoms with Crippen molar-refractivity contribution in [2.75, 3.05) is 31.6 Å². The van der Waals surface area contributed by atoms with Crippen molar-refractivity contribution in [2.45, 2.75) is 30.3 Å². The van der Waals surface area contributed by atoms with E-state index < -0.39 is 10.0 Å². The van der Waals surface area contributed by atoms with Crippen LogP contribution in [0.5, 0.6) is 0 Å². The maximum Gasteiger partial charge on any atom is 0.251 e. The second-order valence-corrected chi connectivity index (χ2v) is 8.68. The summed E-state index contributed by atoms with van der Waals surface area (Å²) in [5.41, 5.74) is 1.47. The molecular formula is C21H27N3O4S. The first-order chi connectivity index (χ1) is 14.0. The van der Waals surface area contributed by atoms with Gasteiger partial charge < -0.3 is 15.4 Å². The number of nitrogens with one attached hydrogen (secondary N) is 3. The maximum absolute atomic E-state index is 12.4. The third kappa shape index (κ3) is 6.56. The zero-order valence-corrected chi connectivity index (χ0v) is 17.1. The highest BCUT2D eigenvalue weighted by atomic mass is 32.2. The molecule has 1 amide bonds. The second kappa shape index (κ2) is 10.4. The van der Waals surface area contributed by atoms with Crippen LogP contribution in [0.25, 0.3) is 0 Å².